The summed E-state index contributed by atoms with van der Waals surface area (Å²) in [6.07, 6.45) is 3.66. The molecule has 4 nitrogen and oxygen atoms in total. The molecule has 1 fully saturated rings. The highest BCUT2D eigenvalue weighted by Gasteiger charge is 2.13. The maximum absolute atomic E-state index is 11.3. The van der Waals surface area contributed by atoms with Gasteiger partial charge < -0.3 is 10.6 Å². The van der Waals surface area contributed by atoms with Crippen LogP contribution in [-0.2, 0) is 9.59 Å². The summed E-state index contributed by atoms with van der Waals surface area (Å²) in [7, 11) is 0. The van der Waals surface area contributed by atoms with E-state index in [0.29, 0.717) is 25.2 Å². The molecule has 0 saturated carbocycles. The van der Waals surface area contributed by atoms with Crippen LogP contribution in [0.2, 0.25) is 0 Å². The molecular weight excluding hydrogens is 224 g/mol. The second-order valence-electron chi connectivity index (χ2n) is 4.24. The SMILES string of the molecule is O=C(S)CCCC(=O)NCCC1CCNC1. The smallest absolute Gasteiger partial charge is 0.220 e. The first kappa shape index (κ1) is 13.5. The first-order valence-corrected chi connectivity index (χ1v) is 6.32. The van der Waals surface area contributed by atoms with Crippen LogP contribution >= 0.6 is 12.6 Å². The van der Waals surface area contributed by atoms with Crippen molar-refractivity contribution in [2.24, 2.45) is 5.92 Å². The summed E-state index contributed by atoms with van der Waals surface area (Å²) in [4.78, 5) is 21.9. The van der Waals surface area contributed by atoms with Crippen molar-refractivity contribution in [2.45, 2.75) is 32.1 Å². The molecule has 1 atom stereocenters. The molecule has 1 aliphatic rings. The van der Waals surface area contributed by atoms with Gasteiger partial charge in [-0.2, -0.15) is 0 Å². The van der Waals surface area contributed by atoms with E-state index >= 15 is 0 Å². The van der Waals surface area contributed by atoms with Crippen molar-refractivity contribution in [1.82, 2.24) is 10.6 Å². The van der Waals surface area contributed by atoms with E-state index in [0.717, 1.165) is 26.1 Å². The first-order chi connectivity index (χ1) is 7.68. The minimum atomic E-state index is -0.148. The summed E-state index contributed by atoms with van der Waals surface area (Å²) in [5.41, 5.74) is 0. The molecule has 92 valence electrons. The van der Waals surface area contributed by atoms with E-state index in [1.54, 1.807) is 0 Å². The number of carbonyl (C=O) groups excluding carboxylic acids is 2. The molecule has 1 amide bonds. The fraction of sp³-hybridized carbons (Fsp3) is 0.818. The fourth-order valence-electron chi connectivity index (χ4n) is 1.87. The highest BCUT2D eigenvalue weighted by atomic mass is 32.1. The largest absolute Gasteiger partial charge is 0.356 e. The second kappa shape index (κ2) is 7.68. The maximum atomic E-state index is 11.3. The molecule has 0 aromatic rings. The zero-order chi connectivity index (χ0) is 11.8. The Kier molecular flexibility index (Phi) is 6.49. The van der Waals surface area contributed by atoms with E-state index in [1.807, 2.05) is 0 Å². The number of nitrogens with one attached hydrogen (secondary N) is 2. The standard InChI is InChI=1S/C11H20N2O2S/c14-10(2-1-3-11(15)16)13-7-5-9-4-6-12-8-9/h9,12H,1-8H2,(H,13,14)(H,15,16). The molecule has 1 saturated heterocycles. The molecule has 1 heterocycles. The molecule has 16 heavy (non-hydrogen) atoms. The maximum Gasteiger partial charge on any atom is 0.220 e. The van der Waals surface area contributed by atoms with Crippen LogP contribution in [0.1, 0.15) is 32.1 Å². The number of hydrogen-bond acceptors (Lipinski definition) is 3. The van der Waals surface area contributed by atoms with Crippen molar-refractivity contribution in [3.05, 3.63) is 0 Å². The number of amides is 1. The molecule has 0 bridgehead atoms. The van der Waals surface area contributed by atoms with Gasteiger partial charge in [0.05, 0.1) is 0 Å². The summed E-state index contributed by atoms with van der Waals surface area (Å²) in [6.45, 7) is 2.92. The number of thiol groups is 1. The van der Waals surface area contributed by atoms with Crippen molar-refractivity contribution in [3.8, 4) is 0 Å². The van der Waals surface area contributed by atoms with Crippen LogP contribution in [0.5, 0.6) is 0 Å². The Hall–Kier alpha value is -0.550. The van der Waals surface area contributed by atoms with Crippen molar-refractivity contribution in [1.29, 1.82) is 0 Å². The Bertz CT molecular complexity index is 240. The monoisotopic (exact) mass is 244 g/mol. The highest BCUT2D eigenvalue weighted by Crippen LogP contribution is 2.10. The molecule has 1 unspecified atom stereocenters. The average Bonchev–Trinajstić information content (AvgIpc) is 2.70. The molecule has 0 aliphatic carbocycles. The van der Waals surface area contributed by atoms with Crippen LogP contribution in [0, 0.1) is 5.92 Å². The third kappa shape index (κ3) is 6.12. The lowest BCUT2D eigenvalue weighted by Crippen LogP contribution is -2.26. The summed E-state index contributed by atoms with van der Waals surface area (Å²) < 4.78 is 0. The molecule has 1 aliphatic heterocycles. The minimum absolute atomic E-state index is 0.0422. The first-order valence-electron chi connectivity index (χ1n) is 5.87. The average molecular weight is 244 g/mol. The third-order valence-electron chi connectivity index (χ3n) is 2.83. The summed E-state index contributed by atoms with van der Waals surface area (Å²) in [6, 6.07) is 0. The van der Waals surface area contributed by atoms with Crippen LogP contribution in [0.3, 0.4) is 0 Å². The zero-order valence-corrected chi connectivity index (χ0v) is 10.4. The van der Waals surface area contributed by atoms with Crippen LogP contribution in [0.15, 0.2) is 0 Å². The van der Waals surface area contributed by atoms with Gasteiger partial charge in [-0.05, 0) is 38.3 Å². The predicted octanol–water partition coefficient (Wildman–Crippen LogP) is 0.729. The molecular formula is C11H20N2O2S. The van der Waals surface area contributed by atoms with Crippen LogP contribution < -0.4 is 10.6 Å². The van der Waals surface area contributed by atoms with Crippen LogP contribution in [0.4, 0.5) is 0 Å². The van der Waals surface area contributed by atoms with Gasteiger partial charge in [-0.3, -0.25) is 9.59 Å². The van der Waals surface area contributed by atoms with Gasteiger partial charge in [0.15, 0.2) is 5.12 Å². The van der Waals surface area contributed by atoms with Crippen LogP contribution in [-0.4, -0.2) is 30.7 Å². The van der Waals surface area contributed by atoms with Crippen molar-refractivity contribution < 1.29 is 9.59 Å². The number of carbonyl (C=O) groups is 2. The lowest BCUT2D eigenvalue weighted by atomic mass is 10.1. The Labute approximate surface area is 102 Å². The third-order valence-corrected chi connectivity index (χ3v) is 3.06. The Morgan fingerprint density at radius 3 is 2.81 bits per heavy atom. The topological polar surface area (TPSA) is 58.2 Å². The normalized spacial score (nSPS) is 19.7. The van der Waals surface area contributed by atoms with E-state index < -0.39 is 0 Å². The van der Waals surface area contributed by atoms with Gasteiger partial charge in [0.1, 0.15) is 0 Å². The van der Waals surface area contributed by atoms with Gasteiger partial charge in [-0.1, -0.05) is 0 Å². The van der Waals surface area contributed by atoms with Gasteiger partial charge in [-0.15, -0.1) is 12.6 Å². The number of hydrogen-bond donors (Lipinski definition) is 3. The van der Waals surface area contributed by atoms with Gasteiger partial charge in [-0.25, -0.2) is 0 Å². The van der Waals surface area contributed by atoms with Crippen molar-refractivity contribution >= 4 is 23.7 Å². The lowest BCUT2D eigenvalue weighted by Gasteiger charge is -2.08. The number of rotatable bonds is 7. The van der Waals surface area contributed by atoms with Crippen LogP contribution in [0.25, 0.3) is 0 Å². The summed E-state index contributed by atoms with van der Waals surface area (Å²) >= 11 is 3.65. The molecule has 5 heteroatoms. The summed E-state index contributed by atoms with van der Waals surface area (Å²) in [5, 5.41) is 6.03. The van der Waals surface area contributed by atoms with Crippen molar-refractivity contribution in [3.63, 3.8) is 0 Å². The van der Waals surface area contributed by atoms with E-state index in [1.165, 1.54) is 6.42 Å². The zero-order valence-electron chi connectivity index (χ0n) is 9.50. The van der Waals surface area contributed by atoms with E-state index in [-0.39, 0.29) is 11.0 Å². The van der Waals surface area contributed by atoms with Crippen molar-refractivity contribution in [2.75, 3.05) is 19.6 Å². The van der Waals surface area contributed by atoms with E-state index in [9.17, 15) is 9.59 Å². The molecule has 1 rings (SSSR count). The molecule has 0 spiro atoms. The molecule has 2 N–H and O–H groups in total. The Morgan fingerprint density at radius 1 is 1.38 bits per heavy atom. The molecule has 0 radical (unpaired) electrons. The molecule has 0 aromatic heterocycles. The minimum Gasteiger partial charge on any atom is -0.356 e. The van der Waals surface area contributed by atoms with Gasteiger partial charge in [0, 0.05) is 19.4 Å². The fourth-order valence-corrected chi connectivity index (χ4v) is 2.02. The quantitative estimate of drug-likeness (QED) is 0.579. The van der Waals surface area contributed by atoms with E-state index in [4.69, 9.17) is 0 Å². The van der Waals surface area contributed by atoms with E-state index in [2.05, 4.69) is 23.3 Å². The predicted molar refractivity (Wildman–Crippen MR) is 66.4 cm³/mol. The van der Waals surface area contributed by atoms with Gasteiger partial charge in [0.25, 0.3) is 0 Å². The highest BCUT2D eigenvalue weighted by molar-refractivity contribution is 7.96. The Balaban J connectivity index is 1.95. The molecule has 0 aromatic carbocycles. The lowest BCUT2D eigenvalue weighted by molar-refractivity contribution is -0.121. The Morgan fingerprint density at radius 2 is 2.19 bits per heavy atom. The van der Waals surface area contributed by atoms with Gasteiger partial charge >= 0.3 is 0 Å². The van der Waals surface area contributed by atoms with Gasteiger partial charge in [0.2, 0.25) is 5.91 Å². The summed E-state index contributed by atoms with van der Waals surface area (Å²) in [5.74, 6) is 0.750. The second-order valence-corrected chi connectivity index (χ2v) is 4.74.